The molecular formula is C27H27N5O3. The monoisotopic (exact) mass is 469 g/mol. The number of benzene rings is 2. The van der Waals surface area contributed by atoms with E-state index in [0.717, 1.165) is 23.8 Å². The summed E-state index contributed by atoms with van der Waals surface area (Å²) in [5.74, 6) is 0.888. The van der Waals surface area contributed by atoms with Gasteiger partial charge in [-0.2, -0.15) is 5.21 Å². The summed E-state index contributed by atoms with van der Waals surface area (Å²) in [5.41, 5.74) is 1.22. The largest absolute Gasteiger partial charge is 0.460 e. The van der Waals surface area contributed by atoms with Crippen molar-refractivity contribution in [3.63, 3.8) is 0 Å². The van der Waals surface area contributed by atoms with Crippen LogP contribution in [0.1, 0.15) is 53.2 Å². The first-order chi connectivity index (χ1) is 17.2. The molecule has 5 rings (SSSR count). The van der Waals surface area contributed by atoms with Crippen LogP contribution in [-0.4, -0.2) is 32.3 Å². The van der Waals surface area contributed by atoms with Gasteiger partial charge < -0.3 is 14.5 Å². The summed E-state index contributed by atoms with van der Waals surface area (Å²) in [5, 5.41) is 17.8. The molecule has 35 heavy (non-hydrogen) atoms. The Labute approximate surface area is 203 Å². The van der Waals surface area contributed by atoms with E-state index in [-0.39, 0.29) is 18.4 Å². The first-order valence-corrected chi connectivity index (χ1v) is 11.8. The van der Waals surface area contributed by atoms with Crippen molar-refractivity contribution in [1.29, 1.82) is 0 Å². The van der Waals surface area contributed by atoms with Crippen LogP contribution in [0.5, 0.6) is 0 Å². The molecule has 8 heteroatoms. The summed E-state index contributed by atoms with van der Waals surface area (Å²) in [6, 6.07) is 17.8. The van der Waals surface area contributed by atoms with Crippen molar-refractivity contribution in [2.24, 2.45) is 0 Å². The zero-order valence-electron chi connectivity index (χ0n) is 19.5. The average molecular weight is 470 g/mol. The molecule has 2 aromatic carbocycles. The van der Waals surface area contributed by atoms with Gasteiger partial charge in [-0.15, -0.1) is 10.2 Å². The number of fused-ring (bicyclic) bond motifs is 1. The number of allylic oxidation sites excluding steroid dienone is 2. The number of nitrogens with one attached hydrogen (secondary N) is 2. The lowest BCUT2D eigenvalue weighted by molar-refractivity contribution is -0.0102. The second-order valence-electron chi connectivity index (χ2n) is 8.52. The molecule has 0 radical (unpaired) electrons. The maximum atomic E-state index is 13.7. The van der Waals surface area contributed by atoms with E-state index in [9.17, 15) is 4.79 Å². The number of para-hydroxylation sites is 1. The molecule has 0 aliphatic heterocycles. The van der Waals surface area contributed by atoms with Gasteiger partial charge >= 0.3 is 0 Å². The molecule has 4 aromatic rings. The van der Waals surface area contributed by atoms with Gasteiger partial charge in [0.15, 0.2) is 11.5 Å². The van der Waals surface area contributed by atoms with Crippen molar-refractivity contribution in [3.05, 3.63) is 102 Å². The van der Waals surface area contributed by atoms with Crippen LogP contribution in [0.3, 0.4) is 0 Å². The van der Waals surface area contributed by atoms with Crippen LogP contribution < -0.4 is 5.32 Å². The Bertz CT molecular complexity index is 1330. The van der Waals surface area contributed by atoms with Crippen molar-refractivity contribution in [3.8, 4) is 0 Å². The molecule has 0 bridgehead atoms. The summed E-state index contributed by atoms with van der Waals surface area (Å²) in [7, 11) is 0. The SMILES string of the molecule is CCCCc1oc2ccccc2c1C(=O)NC1(OCc2nn[nH]n2)C=CC(c2ccccc2)C=C1. The zero-order chi connectivity index (χ0) is 24.1. The van der Waals surface area contributed by atoms with Crippen molar-refractivity contribution in [2.75, 3.05) is 0 Å². The molecule has 1 aliphatic carbocycles. The Kier molecular flexibility index (Phi) is 6.54. The third-order valence-electron chi connectivity index (χ3n) is 6.08. The Balaban J connectivity index is 1.45. The number of carbonyl (C=O) groups is 1. The normalized spacial score (nSPS) is 19.3. The third kappa shape index (κ3) is 4.93. The predicted molar refractivity (Wildman–Crippen MR) is 131 cm³/mol. The van der Waals surface area contributed by atoms with Gasteiger partial charge in [0, 0.05) is 17.7 Å². The molecule has 0 saturated heterocycles. The van der Waals surface area contributed by atoms with E-state index in [1.807, 2.05) is 66.8 Å². The van der Waals surface area contributed by atoms with E-state index >= 15 is 0 Å². The minimum atomic E-state index is -1.18. The lowest BCUT2D eigenvalue weighted by Gasteiger charge is -2.32. The first-order valence-electron chi connectivity index (χ1n) is 11.8. The van der Waals surface area contributed by atoms with Crippen molar-refractivity contribution in [2.45, 2.75) is 44.4 Å². The number of hydrogen-bond donors (Lipinski definition) is 2. The van der Waals surface area contributed by atoms with Gasteiger partial charge in [0.05, 0.1) is 5.56 Å². The highest BCUT2D eigenvalue weighted by atomic mass is 16.5. The molecule has 2 heterocycles. The maximum Gasteiger partial charge on any atom is 0.258 e. The number of ether oxygens (including phenoxy) is 1. The Hall–Kier alpha value is -4.04. The number of rotatable bonds is 9. The fraction of sp³-hybridized carbons (Fsp3) is 0.259. The highest BCUT2D eigenvalue weighted by Gasteiger charge is 2.33. The highest BCUT2D eigenvalue weighted by molar-refractivity contribution is 6.07. The van der Waals surface area contributed by atoms with Crippen LogP contribution in [0.2, 0.25) is 0 Å². The van der Waals surface area contributed by atoms with Gasteiger partial charge in [0.2, 0.25) is 0 Å². The van der Waals surface area contributed by atoms with E-state index in [0.29, 0.717) is 29.2 Å². The van der Waals surface area contributed by atoms with E-state index in [1.165, 1.54) is 0 Å². The first kappa shape index (κ1) is 22.7. The standard InChI is InChI=1S/C27H27N5O3/c1-2-3-12-23-25(21-11-7-8-13-22(21)35-23)26(33)28-27(34-18-24-29-31-32-30-24)16-14-20(15-17-27)19-9-5-4-6-10-19/h4-11,13-17,20H,2-3,12,18H2,1H3,(H,28,33)(H,29,30,31,32). The summed E-state index contributed by atoms with van der Waals surface area (Å²) >= 11 is 0. The molecule has 1 aliphatic rings. The fourth-order valence-corrected chi connectivity index (χ4v) is 4.25. The lowest BCUT2D eigenvalue weighted by atomic mass is 9.91. The minimum Gasteiger partial charge on any atom is -0.460 e. The number of nitrogens with zero attached hydrogens (tertiary/aromatic N) is 3. The molecule has 0 atom stereocenters. The number of aromatic amines is 1. The van der Waals surface area contributed by atoms with Gasteiger partial charge in [0.25, 0.3) is 5.91 Å². The summed E-state index contributed by atoms with van der Waals surface area (Å²) in [6.45, 7) is 2.18. The molecule has 0 spiro atoms. The van der Waals surface area contributed by atoms with Crippen molar-refractivity contribution >= 4 is 16.9 Å². The van der Waals surface area contributed by atoms with Gasteiger partial charge in [-0.05, 0) is 30.2 Å². The number of carbonyl (C=O) groups excluding carboxylic acids is 1. The second kappa shape index (κ2) is 10.1. The van der Waals surface area contributed by atoms with Gasteiger partial charge in [0.1, 0.15) is 18.0 Å². The zero-order valence-corrected chi connectivity index (χ0v) is 19.5. The van der Waals surface area contributed by atoms with Gasteiger partial charge in [-0.25, -0.2) is 0 Å². The number of amides is 1. The minimum absolute atomic E-state index is 0.0658. The number of tetrazole rings is 1. The average Bonchev–Trinajstić information content (AvgIpc) is 3.55. The van der Waals surface area contributed by atoms with Crippen molar-refractivity contribution in [1.82, 2.24) is 25.9 Å². The molecule has 0 saturated carbocycles. The topological polar surface area (TPSA) is 106 Å². The van der Waals surface area contributed by atoms with E-state index in [1.54, 1.807) is 0 Å². The number of furan rings is 1. The summed E-state index contributed by atoms with van der Waals surface area (Å²) in [4.78, 5) is 13.7. The van der Waals surface area contributed by atoms with Gasteiger partial charge in [-0.1, -0.05) is 79.2 Å². The predicted octanol–water partition coefficient (Wildman–Crippen LogP) is 4.84. The fourth-order valence-electron chi connectivity index (χ4n) is 4.25. The van der Waals surface area contributed by atoms with E-state index in [2.05, 4.69) is 45.0 Å². The van der Waals surface area contributed by atoms with Gasteiger partial charge in [-0.3, -0.25) is 4.79 Å². The molecule has 2 N–H and O–H groups in total. The summed E-state index contributed by atoms with van der Waals surface area (Å²) in [6.07, 6.45) is 10.4. The quantitative estimate of drug-likeness (QED) is 0.268. The number of hydrogen-bond acceptors (Lipinski definition) is 6. The Morgan fingerprint density at radius 2 is 1.89 bits per heavy atom. The number of H-pyrrole nitrogens is 1. The maximum absolute atomic E-state index is 13.7. The van der Waals surface area contributed by atoms with E-state index < -0.39 is 5.72 Å². The van der Waals surface area contributed by atoms with E-state index in [4.69, 9.17) is 9.15 Å². The Morgan fingerprint density at radius 1 is 1.11 bits per heavy atom. The molecule has 1 amide bonds. The van der Waals surface area contributed by atoms with Crippen LogP contribution in [-0.2, 0) is 17.8 Å². The third-order valence-corrected chi connectivity index (χ3v) is 6.08. The number of aryl methyl sites for hydroxylation is 1. The van der Waals surface area contributed by atoms with Crippen molar-refractivity contribution < 1.29 is 13.9 Å². The molecular weight excluding hydrogens is 442 g/mol. The number of aromatic nitrogens is 4. The molecule has 8 nitrogen and oxygen atoms in total. The molecule has 178 valence electrons. The molecule has 0 fully saturated rings. The number of unbranched alkanes of at least 4 members (excludes halogenated alkanes) is 1. The lowest BCUT2D eigenvalue weighted by Crippen LogP contribution is -2.48. The smallest absolute Gasteiger partial charge is 0.258 e. The van der Waals surface area contributed by atoms with Crippen LogP contribution >= 0.6 is 0 Å². The Morgan fingerprint density at radius 3 is 2.63 bits per heavy atom. The van der Waals surface area contributed by atoms with Crippen LogP contribution in [0.25, 0.3) is 11.0 Å². The molecule has 0 unspecified atom stereocenters. The molecule has 2 aromatic heterocycles. The summed E-state index contributed by atoms with van der Waals surface area (Å²) < 4.78 is 12.2. The second-order valence-corrected chi connectivity index (χ2v) is 8.52. The van der Waals surface area contributed by atoms with Crippen LogP contribution in [0.15, 0.2) is 83.3 Å². The van der Waals surface area contributed by atoms with Crippen LogP contribution in [0, 0.1) is 0 Å². The highest BCUT2D eigenvalue weighted by Crippen LogP contribution is 2.31. The van der Waals surface area contributed by atoms with Crippen LogP contribution in [0.4, 0.5) is 0 Å².